The number of halogens is 1. The molecule has 0 N–H and O–H groups in total. The summed E-state index contributed by atoms with van der Waals surface area (Å²) in [5.41, 5.74) is 1.87. The number of benzene rings is 2. The molecule has 0 aliphatic carbocycles. The van der Waals surface area contributed by atoms with Crippen molar-refractivity contribution in [3.63, 3.8) is 0 Å². The molecule has 1 amide bonds. The molecule has 6 nitrogen and oxygen atoms in total. The fourth-order valence-electron chi connectivity index (χ4n) is 4.62. The molecule has 2 saturated heterocycles. The molecule has 0 atom stereocenters. The van der Waals surface area contributed by atoms with Gasteiger partial charge < -0.3 is 4.90 Å². The number of sulfonamides is 1. The summed E-state index contributed by atoms with van der Waals surface area (Å²) < 4.78 is 27.2. The van der Waals surface area contributed by atoms with E-state index < -0.39 is 10.0 Å². The van der Waals surface area contributed by atoms with E-state index in [4.69, 9.17) is 11.6 Å². The Balaban J connectivity index is 1.21. The van der Waals surface area contributed by atoms with Gasteiger partial charge in [-0.05, 0) is 36.1 Å². The van der Waals surface area contributed by atoms with Crippen LogP contribution in [0.5, 0.6) is 0 Å². The topological polar surface area (TPSA) is 60.9 Å². The molecule has 2 fully saturated rings. The van der Waals surface area contributed by atoms with E-state index in [9.17, 15) is 13.2 Å². The van der Waals surface area contributed by atoms with Crippen molar-refractivity contribution in [2.24, 2.45) is 5.92 Å². The van der Waals surface area contributed by atoms with Crippen LogP contribution in [0.2, 0.25) is 5.02 Å². The van der Waals surface area contributed by atoms with Crippen LogP contribution in [0.1, 0.15) is 24.0 Å². The van der Waals surface area contributed by atoms with Crippen molar-refractivity contribution in [2.45, 2.75) is 18.6 Å². The van der Waals surface area contributed by atoms with E-state index in [1.807, 2.05) is 23.1 Å². The highest BCUT2D eigenvalue weighted by molar-refractivity contribution is 7.88. The molecule has 0 unspecified atom stereocenters. The lowest BCUT2D eigenvalue weighted by Gasteiger charge is -2.38. The maximum absolute atomic E-state index is 13.1. The summed E-state index contributed by atoms with van der Waals surface area (Å²) in [5, 5.41) is 0.532. The van der Waals surface area contributed by atoms with Crippen molar-refractivity contribution in [1.29, 1.82) is 0 Å². The summed E-state index contributed by atoms with van der Waals surface area (Å²) in [5.74, 6) is 0.0147. The molecule has 0 radical (unpaired) electrons. The van der Waals surface area contributed by atoms with E-state index in [1.165, 1.54) is 9.87 Å². The number of hydrogen-bond acceptors (Lipinski definition) is 4. The first-order chi connectivity index (χ1) is 16.4. The van der Waals surface area contributed by atoms with Crippen molar-refractivity contribution in [3.8, 4) is 0 Å². The van der Waals surface area contributed by atoms with Crippen molar-refractivity contribution in [1.82, 2.24) is 14.1 Å². The third kappa shape index (κ3) is 6.69. The van der Waals surface area contributed by atoms with Crippen LogP contribution >= 0.6 is 11.6 Å². The molecule has 2 aromatic rings. The van der Waals surface area contributed by atoms with Gasteiger partial charge in [-0.25, -0.2) is 12.7 Å². The zero-order valence-corrected chi connectivity index (χ0v) is 20.9. The average Bonchev–Trinajstić information content (AvgIpc) is 2.84. The summed E-state index contributed by atoms with van der Waals surface area (Å²) in [7, 11) is -3.43. The zero-order chi connectivity index (χ0) is 24.0. The number of carbonyl (C=O) groups excluding carboxylic acids is 1. The van der Waals surface area contributed by atoms with Crippen molar-refractivity contribution < 1.29 is 13.2 Å². The number of piperidine rings is 1. The Morgan fingerprint density at radius 3 is 2.32 bits per heavy atom. The SMILES string of the molecule is O=C(C1CCN(S(=O)(=O)Cc2cccc(Cl)c2)CC1)N1CCN(C/C=C/c2ccccc2)CC1. The fourth-order valence-corrected chi connectivity index (χ4v) is 6.38. The first kappa shape index (κ1) is 24.9. The largest absolute Gasteiger partial charge is 0.340 e. The normalized spacial score (nSPS) is 19.0. The first-order valence-corrected chi connectivity index (χ1v) is 13.8. The van der Waals surface area contributed by atoms with E-state index in [1.54, 1.807) is 24.3 Å². The summed E-state index contributed by atoms with van der Waals surface area (Å²) in [6.45, 7) is 4.83. The van der Waals surface area contributed by atoms with Gasteiger partial charge in [0.25, 0.3) is 0 Å². The van der Waals surface area contributed by atoms with Gasteiger partial charge in [0.15, 0.2) is 0 Å². The number of carbonyl (C=O) groups is 1. The van der Waals surface area contributed by atoms with Crippen LogP contribution in [-0.4, -0.2) is 74.2 Å². The van der Waals surface area contributed by atoms with Gasteiger partial charge in [0.1, 0.15) is 0 Å². The van der Waals surface area contributed by atoms with E-state index in [0.717, 1.165) is 32.7 Å². The Labute approximate surface area is 207 Å². The minimum Gasteiger partial charge on any atom is -0.340 e. The molecule has 0 spiro atoms. The Hall–Kier alpha value is -2.19. The molecule has 0 aromatic heterocycles. The van der Waals surface area contributed by atoms with Crippen LogP contribution in [-0.2, 0) is 20.6 Å². The first-order valence-electron chi connectivity index (χ1n) is 11.9. The summed E-state index contributed by atoms with van der Waals surface area (Å²) >= 11 is 5.99. The molecular weight excluding hydrogens is 470 g/mol. The van der Waals surface area contributed by atoms with Crippen molar-refractivity contribution in [2.75, 3.05) is 45.8 Å². The average molecular weight is 502 g/mol. The molecule has 182 valence electrons. The Bertz CT molecular complexity index is 1090. The Morgan fingerprint density at radius 2 is 1.65 bits per heavy atom. The predicted octanol–water partition coefficient (Wildman–Crippen LogP) is 3.74. The van der Waals surface area contributed by atoms with Gasteiger partial charge in [0, 0.05) is 56.8 Å². The Kier molecular flexibility index (Phi) is 8.42. The third-order valence-electron chi connectivity index (χ3n) is 6.59. The Morgan fingerprint density at radius 1 is 0.941 bits per heavy atom. The van der Waals surface area contributed by atoms with Crippen LogP contribution in [0.15, 0.2) is 60.7 Å². The van der Waals surface area contributed by atoms with E-state index in [-0.39, 0.29) is 17.6 Å². The second kappa shape index (κ2) is 11.5. The van der Waals surface area contributed by atoms with E-state index in [2.05, 4.69) is 29.2 Å². The third-order valence-corrected chi connectivity index (χ3v) is 8.68. The fraction of sp³-hybridized carbons (Fsp3) is 0.423. The van der Waals surface area contributed by atoms with Crippen LogP contribution in [0, 0.1) is 5.92 Å². The quantitative estimate of drug-likeness (QED) is 0.580. The second-order valence-electron chi connectivity index (χ2n) is 9.00. The summed E-state index contributed by atoms with van der Waals surface area (Å²) in [4.78, 5) is 17.4. The lowest BCUT2D eigenvalue weighted by Crippen LogP contribution is -2.51. The predicted molar refractivity (Wildman–Crippen MR) is 137 cm³/mol. The number of piperazine rings is 1. The van der Waals surface area contributed by atoms with Crippen LogP contribution in [0.3, 0.4) is 0 Å². The highest BCUT2D eigenvalue weighted by Gasteiger charge is 2.34. The highest BCUT2D eigenvalue weighted by Crippen LogP contribution is 2.24. The summed E-state index contributed by atoms with van der Waals surface area (Å²) in [6, 6.07) is 17.2. The van der Waals surface area contributed by atoms with Crippen molar-refractivity contribution >= 4 is 33.6 Å². The minimum atomic E-state index is -3.43. The van der Waals surface area contributed by atoms with Crippen molar-refractivity contribution in [3.05, 3.63) is 76.8 Å². The smallest absolute Gasteiger partial charge is 0.225 e. The number of nitrogens with zero attached hydrogens (tertiary/aromatic N) is 3. The van der Waals surface area contributed by atoms with Gasteiger partial charge in [-0.1, -0.05) is 66.2 Å². The van der Waals surface area contributed by atoms with Crippen LogP contribution < -0.4 is 0 Å². The van der Waals surface area contributed by atoms with Gasteiger partial charge in [0.05, 0.1) is 5.75 Å². The molecule has 0 bridgehead atoms. The van der Waals surface area contributed by atoms with E-state index in [0.29, 0.717) is 36.5 Å². The van der Waals surface area contributed by atoms with Gasteiger partial charge in [0.2, 0.25) is 15.9 Å². The molecular formula is C26H32ClN3O3S. The lowest BCUT2D eigenvalue weighted by molar-refractivity contribution is -0.138. The molecule has 2 aliphatic rings. The molecule has 4 rings (SSSR count). The van der Waals surface area contributed by atoms with Gasteiger partial charge in [-0.2, -0.15) is 0 Å². The minimum absolute atomic E-state index is 0.0626. The maximum atomic E-state index is 13.1. The molecule has 34 heavy (non-hydrogen) atoms. The van der Waals surface area contributed by atoms with Gasteiger partial charge in [-0.15, -0.1) is 0 Å². The summed E-state index contributed by atoms with van der Waals surface area (Å²) in [6.07, 6.45) is 5.46. The molecule has 2 aliphatic heterocycles. The standard InChI is InChI=1S/C26H32ClN3O3S/c27-25-10-4-8-23(20-25)21-34(32,33)30-14-11-24(12-15-30)26(31)29-18-16-28(17-19-29)13-5-9-22-6-2-1-3-7-22/h1-10,20,24H,11-19,21H2/b9-5+. The van der Waals surface area contributed by atoms with Crippen LogP contribution in [0.25, 0.3) is 6.08 Å². The molecule has 2 aromatic carbocycles. The monoisotopic (exact) mass is 501 g/mol. The van der Waals surface area contributed by atoms with E-state index >= 15 is 0 Å². The molecule has 0 saturated carbocycles. The van der Waals surface area contributed by atoms with Gasteiger partial charge >= 0.3 is 0 Å². The number of hydrogen-bond donors (Lipinski definition) is 0. The second-order valence-corrected chi connectivity index (χ2v) is 11.4. The molecule has 8 heteroatoms. The highest BCUT2D eigenvalue weighted by atomic mass is 35.5. The lowest BCUT2D eigenvalue weighted by atomic mass is 9.96. The van der Waals surface area contributed by atoms with Gasteiger partial charge in [-0.3, -0.25) is 9.69 Å². The van der Waals surface area contributed by atoms with Crippen LogP contribution in [0.4, 0.5) is 0 Å². The number of amides is 1. The zero-order valence-electron chi connectivity index (χ0n) is 19.4. The maximum Gasteiger partial charge on any atom is 0.225 e. The number of rotatable bonds is 7. The molecule has 2 heterocycles.